The van der Waals surface area contributed by atoms with E-state index < -0.39 is 12.1 Å². The number of nitrogens with zero attached hydrogens (tertiary/aromatic N) is 2. The van der Waals surface area contributed by atoms with E-state index in [2.05, 4.69) is 51.0 Å². The molecule has 1 aliphatic rings. The van der Waals surface area contributed by atoms with Gasteiger partial charge in [0.05, 0.1) is 19.0 Å². The van der Waals surface area contributed by atoms with Gasteiger partial charge in [0, 0.05) is 17.7 Å². The highest BCUT2D eigenvalue weighted by Gasteiger charge is 2.30. The van der Waals surface area contributed by atoms with E-state index in [1.165, 1.54) is 12.7 Å². The molecule has 6 heteroatoms. The van der Waals surface area contributed by atoms with E-state index in [4.69, 9.17) is 0 Å². The zero-order valence-corrected chi connectivity index (χ0v) is 14.7. The zero-order chi connectivity index (χ0) is 17.8. The number of benzene rings is 1. The predicted octanol–water partition coefficient (Wildman–Crippen LogP) is 2.13. The first-order valence-electron chi connectivity index (χ1n) is 8.66. The van der Waals surface area contributed by atoms with Crippen LogP contribution in [0.2, 0.25) is 0 Å². The number of hydrogen-bond acceptors (Lipinski definition) is 5. The number of esters is 1. The van der Waals surface area contributed by atoms with Crippen molar-refractivity contribution in [1.29, 1.82) is 0 Å². The monoisotopic (exact) mass is 343 g/mol. The second-order valence-electron chi connectivity index (χ2n) is 6.72. The number of nitrogens with one attached hydrogen (secondary N) is 1. The third-order valence-electron chi connectivity index (χ3n) is 4.94. The highest BCUT2D eigenvalue weighted by molar-refractivity contribution is 5.74. The number of aryl methyl sites for hydroxylation is 1. The van der Waals surface area contributed by atoms with Crippen LogP contribution in [0.15, 0.2) is 30.5 Å². The van der Waals surface area contributed by atoms with Crippen LogP contribution >= 0.6 is 0 Å². The van der Waals surface area contributed by atoms with Crippen LogP contribution < -0.4 is 0 Å². The van der Waals surface area contributed by atoms with E-state index in [0.29, 0.717) is 0 Å². The molecule has 0 amide bonds. The van der Waals surface area contributed by atoms with Gasteiger partial charge >= 0.3 is 5.97 Å². The number of hydrogen-bond donors (Lipinski definition) is 2. The summed E-state index contributed by atoms with van der Waals surface area (Å²) in [7, 11) is 1.31. The van der Waals surface area contributed by atoms with Crippen LogP contribution in [0.25, 0.3) is 11.3 Å². The molecular weight excluding hydrogens is 318 g/mol. The fourth-order valence-electron chi connectivity index (χ4n) is 3.46. The minimum atomic E-state index is -1.01. The zero-order valence-electron chi connectivity index (χ0n) is 14.7. The highest BCUT2D eigenvalue weighted by Crippen LogP contribution is 2.26. The van der Waals surface area contributed by atoms with Gasteiger partial charge in [-0.1, -0.05) is 23.8 Å². The van der Waals surface area contributed by atoms with Gasteiger partial charge < -0.3 is 9.84 Å². The average Bonchev–Trinajstić information content (AvgIpc) is 3.09. The van der Waals surface area contributed by atoms with E-state index in [0.717, 1.165) is 49.3 Å². The van der Waals surface area contributed by atoms with Crippen LogP contribution in [-0.2, 0) is 16.1 Å². The number of H-pyrrole nitrogens is 1. The first kappa shape index (κ1) is 17.6. The van der Waals surface area contributed by atoms with Crippen molar-refractivity contribution < 1.29 is 14.6 Å². The number of aromatic nitrogens is 2. The van der Waals surface area contributed by atoms with Gasteiger partial charge in [0.25, 0.3) is 0 Å². The number of piperidine rings is 1. The van der Waals surface area contributed by atoms with Crippen molar-refractivity contribution in [3.8, 4) is 11.3 Å². The second kappa shape index (κ2) is 7.80. The Labute approximate surface area is 147 Å². The molecule has 0 saturated carbocycles. The summed E-state index contributed by atoms with van der Waals surface area (Å²) in [6.45, 7) is 4.58. The fourth-order valence-corrected chi connectivity index (χ4v) is 3.46. The number of likely N-dealkylation sites (tertiary alicyclic amines) is 1. The van der Waals surface area contributed by atoms with Crippen LogP contribution in [0.4, 0.5) is 0 Å². The number of aromatic amines is 1. The first-order valence-corrected chi connectivity index (χ1v) is 8.66. The Kier molecular flexibility index (Phi) is 5.50. The number of carbonyl (C=O) groups is 1. The lowest BCUT2D eigenvalue weighted by Crippen LogP contribution is -2.40. The van der Waals surface area contributed by atoms with Crippen molar-refractivity contribution in [2.24, 2.45) is 5.92 Å². The summed E-state index contributed by atoms with van der Waals surface area (Å²) >= 11 is 0. The molecule has 0 aliphatic carbocycles. The molecule has 1 aromatic carbocycles. The Morgan fingerprint density at radius 3 is 2.88 bits per heavy atom. The minimum Gasteiger partial charge on any atom is -0.467 e. The van der Waals surface area contributed by atoms with Gasteiger partial charge in [-0.3, -0.25) is 10.00 Å². The van der Waals surface area contributed by atoms with Gasteiger partial charge in [-0.05, 0) is 44.8 Å². The van der Waals surface area contributed by atoms with Gasteiger partial charge in [0.1, 0.15) is 0 Å². The molecular formula is C19H25N3O3. The molecule has 3 rings (SSSR count). The standard InChI is InChI=1S/C19H25N3O3/c1-13-4-3-5-15(10-13)17-16(11-20-21-17)12-22-8-6-14(7-9-22)18(23)19(24)25-2/h3-5,10-11,14,18,23H,6-9,12H2,1-2H3,(H,20,21). The van der Waals surface area contributed by atoms with Gasteiger partial charge in [-0.15, -0.1) is 0 Å². The molecule has 2 aromatic rings. The molecule has 1 unspecified atom stereocenters. The Morgan fingerprint density at radius 2 is 2.20 bits per heavy atom. The molecule has 1 saturated heterocycles. The minimum absolute atomic E-state index is 0.0238. The van der Waals surface area contributed by atoms with Gasteiger partial charge in [0.2, 0.25) is 0 Å². The average molecular weight is 343 g/mol. The number of methoxy groups -OCH3 is 1. The molecule has 0 bridgehead atoms. The summed E-state index contributed by atoms with van der Waals surface area (Å²) in [5.41, 5.74) is 4.58. The largest absolute Gasteiger partial charge is 0.467 e. The number of ether oxygens (including phenoxy) is 1. The lowest BCUT2D eigenvalue weighted by molar-refractivity contribution is -0.154. The summed E-state index contributed by atoms with van der Waals surface area (Å²) < 4.78 is 4.64. The topological polar surface area (TPSA) is 78.5 Å². The van der Waals surface area contributed by atoms with Gasteiger partial charge in [0.15, 0.2) is 6.10 Å². The number of rotatable bonds is 5. The van der Waals surface area contributed by atoms with Crippen molar-refractivity contribution in [2.45, 2.75) is 32.4 Å². The van der Waals surface area contributed by atoms with Crippen LogP contribution in [0, 0.1) is 12.8 Å². The van der Waals surface area contributed by atoms with E-state index in [-0.39, 0.29) is 5.92 Å². The number of aliphatic hydroxyl groups excluding tert-OH is 1. The molecule has 1 fully saturated rings. The lowest BCUT2D eigenvalue weighted by Gasteiger charge is -2.33. The van der Waals surface area contributed by atoms with Crippen LogP contribution in [0.1, 0.15) is 24.0 Å². The van der Waals surface area contributed by atoms with E-state index >= 15 is 0 Å². The molecule has 1 atom stereocenters. The Balaban J connectivity index is 1.62. The summed E-state index contributed by atoms with van der Waals surface area (Å²) in [6, 6.07) is 8.37. The Bertz CT molecular complexity index is 720. The van der Waals surface area contributed by atoms with Gasteiger partial charge in [-0.25, -0.2) is 4.79 Å². The first-order chi connectivity index (χ1) is 12.1. The maximum Gasteiger partial charge on any atom is 0.334 e. The molecule has 0 radical (unpaired) electrons. The van der Waals surface area contributed by atoms with Crippen molar-refractivity contribution >= 4 is 5.97 Å². The van der Waals surface area contributed by atoms with Crippen LogP contribution in [0.5, 0.6) is 0 Å². The van der Waals surface area contributed by atoms with Crippen molar-refractivity contribution in [1.82, 2.24) is 15.1 Å². The Morgan fingerprint density at radius 1 is 1.44 bits per heavy atom. The normalized spacial score (nSPS) is 17.4. The summed E-state index contributed by atoms with van der Waals surface area (Å²) in [5.74, 6) is -0.556. The SMILES string of the molecule is COC(=O)C(O)C1CCN(Cc2cn[nH]c2-c2cccc(C)c2)CC1. The van der Waals surface area contributed by atoms with E-state index in [1.54, 1.807) is 0 Å². The number of carbonyl (C=O) groups excluding carboxylic acids is 1. The third-order valence-corrected chi connectivity index (χ3v) is 4.94. The maximum absolute atomic E-state index is 11.5. The van der Waals surface area contributed by atoms with E-state index in [1.807, 2.05) is 6.20 Å². The summed E-state index contributed by atoms with van der Waals surface area (Å²) in [5, 5.41) is 17.3. The van der Waals surface area contributed by atoms with E-state index in [9.17, 15) is 9.90 Å². The van der Waals surface area contributed by atoms with Crippen LogP contribution in [0.3, 0.4) is 0 Å². The molecule has 6 nitrogen and oxygen atoms in total. The van der Waals surface area contributed by atoms with Crippen molar-refractivity contribution in [3.63, 3.8) is 0 Å². The molecule has 134 valence electrons. The molecule has 0 spiro atoms. The highest BCUT2D eigenvalue weighted by atomic mass is 16.5. The van der Waals surface area contributed by atoms with Crippen molar-refractivity contribution in [2.75, 3.05) is 20.2 Å². The summed E-state index contributed by atoms with van der Waals surface area (Å²) in [6.07, 6.45) is 2.44. The summed E-state index contributed by atoms with van der Waals surface area (Å²) in [4.78, 5) is 13.8. The lowest BCUT2D eigenvalue weighted by atomic mass is 9.91. The molecule has 1 aliphatic heterocycles. The quantitative estimate of drug-likeness (QED) is 0.813. The molecule has 2 heterocycles. The van der Waals surface area contributed by atoms with Gasteiger partial charge in [-0.2, -0.15) is 5.10 Å². The molecule has 25 heavy (non-hydrogen) atoms. The molecule has 2 N–H and O–H groups in total. The fraction of sp³-hybridized carbons (Fsp3) is 0.474. The van der Waals surface area contributed by atoms with Crippen molar-refractivity contribution in [3.05, 3.63) is 41.6 Å². The maximum atomic E-state index is 11.5. The second-order valence-corrected chi connectivity index (χ2v) is 6.72. The predicted molar refractivity (Wildman–Crippen MR) is 94.8 cm³/mol. The Hall–Kier alpha value is -2.18. The van der Waals surface area contributed by atoms with Crippen LogP contribution in [-0.4, -0.2) is 52.5 Å². The third kappa shape index (κ3) is 4.08. The number of aliphatic hydroxyl groups is 1. The molecule has 1 aromatic heterocycles. The smallest absolute Gasteiger partial charge is 0.334 e.